The highest BCUT2D eigenvalue weighted by molar-refractivity contribution is 6.30. The van der Waals surface area contributed by atoms with E-state index in [1.807, 2.05) is 49.4 Å². The van der Waals surface area contributed by atoms with Crippen LogP contribution >= 0.6 is 11.6 Å². The minimum atomic E-state index is -0.429. The maximum Gasteiger partial charge on any atom is 0.244 e. The predicted octanol–water partition coefficient (Wildman–Crippen LogP) is 4.18. The molecule has 1 atom stereocenters. The Morgan fingerprint density at radius 1 is 1.23 bits per heavy atom. The molecule has 1 aliphatic rings. The van der Waals surface area contributed by atoms with E-state index in [4.69, 9.17) is 31.5 Å². The second-order valence-corrected chi connectivity index (χ2v) is 7.25. The first-order chi connectivity index (χ1) is 14.5. The number of aryl methyl sites for hydroxylation is 1. The van der Waals surface area contributed by atoms with Crippen molar-refractivity contribution in [1.29, 1.82) is 5.26 Å². The molecule has 0 unspecified atom stereocenters. The molecule has 0 fully saturated rings. The quantitative estimate of drug-likeness (QED) is 0.638. The number of rotatable bonds is 5. The van der Waals surface area contributed by atoms with E-state index in [0.717, 1.165) is 22.4 Å². The fraction of sp³-hybridized carbons (Fsp3) is 0.182. The Bertz CT molecular complexity index is 1160. The van der Waals surface area contributed by atoms with Crippen molar-refractivity contribution in [2.45, 2.75) is 19.4 Å². The summed E-state index contributed by atoms with van der Waals surface area (Å²) in [6.45, 7) is 2.21. The van der Waals surface area contributed by atoms with Gasteiger partial charge in [-0.05, 0) is 42.3 Å². The number of benzene rings is 2. The number of halogens is 1. The summed E-state index contributed by atoms with van der Waals surface area (Å²) in [5.74, 6) is 1.12. The smallest absolute Gasteiger partial charge is 0.244 e. The molecule has 8 heteroatoms. The van der Waals surface area contributed by atoms with Gasteiger partial charge in [0.15, 0.2) is 11.5 Å². The number of fused-ring (bicyclic) bond motifs is 1. The van der Waals surface area contributed by atoms with E-state index < -0.39 is 5.92 Å². The molecule has 152 valence electrons. The Morgan fingerprint density at radius 2 is 2.00 bits per heavy atom. The lowest BCUT2D eigenvalue weighted by Gasteiger charge is -2.24. The summed E-state index contributed by atoms with van der Waals surface area (Å²) in [6.07, 6.45) is 0. The number of H-pyrrole nitrogens is 1. The van der Waals surface area contributed by atoms with E-state index in [2.05, 4.69) is 16.3 Å². The van der Waals surface area contributed by atoms with Crippen LogP contribution in [0.5, 0.6) is 17.4 Å². The summed E-state index contributed by atoms with van der Waals surface area (Å²) in [5.41, 5.74) is 9.67. The Labute approximate surface area is 178 Å². The second kappa shape index (κ2) is 8.01. The number of hydrogen-bond donors (Lipinski definition) is 2. The van der Waals surface area contributed by atoms with Gasteiger partial charge >= 0.3 is 0 Å². The molecule has 1 aliphatic heterocycles. The SMILES string of the molecule is COc1ccc([C@H]2C(C#N)=C(N)Oc3n[nH]c(C)c32)cc1OCc1ccc(Cl)cc1. The molecule has 1 aromatic heterocycles. The van der Waals surface area contributed by atoms with Gasteiger partial charge in [0, 0.05) is 16.3 Å². The van der Waals surface area contributed by atoms with Crippen LogP contribution in [0.25, 0.3) is 0 Å². The zero-order valence-corrected chi connectivity index (χ0v) is 17.2. The molecule has 3 aromatic rings. The molecule has 0 saturated heterocycles. The average molecular weight is 423 g/mol. The molecule has 7 nitrogen and oxygen atoms in total. The molecule has 4 rings (SSSR count). The van der Waals surface area contributed by atoms with E-state index in [9.17, 15) is 5.26 Å². The molecule has 0 radical (unpaired) electrons. The molecule has 2 aromatic carbocycles. The highest BCUT2D eigenvalue weighted by Gasteiger charge is 2.34. The van der Waals surface area contributed by atoms with Gasteiger partial charge in [-0.3, -0.25) is 5.10 Å². The second-order valence-electron chi connectivity index (χ2n) is 6.82. The number of ether oxygens (including phenoxy) is 3. The molecule has 0 saturated carbocycles. The summed E-state index contributed by atoms with van der Waals surface area (Å²) in [6, 6.07) is 15.1. The van der Waals surface area contributed by atoms with Crippen LogP contribution in [0.3, 0.4) is 0 Å². The minimum Gasteiger partial charge on any atom is -0.493 e. The van der Waals surface area contributed by atoms with E-state index in [1.54, 1.807) is 7.11 Å². The highest BCUT2D eigenvalue weighted by atomic mass is 35.5. The number of nitriles is 1. The number of nitrogens with zero attached hydrogens (tertiary/aromatic N) is 2. The number of hydrogen-bond acceptors (Lipinski definition) is 6. The first kappa shape index (κ1) is 19.7. The third-order valence-electron chi connectivity index (χ3n) is 4.96. The van der Waals surface area contributed by atoms with Gasteiger partial charge in [0.2, 0.25) is 11.8 Å². The van der Waals surface area contributed by atoms with Crippen LogP contribution in [0.2, 0.25) is 5.02 Å². The summed E-state index contributed by atoms with van der Waals surface area (Å²) < 4.78 is 17.0. The van der Waals surface area contributed by atoms with Crippen molar-refractivity contribution >= 4 is 11.6 Å². The molecule has 30 heavy (non-hydrogen) atoms. The van der Waals surface area contributed by atoms with Crippen LogP contribution in [0, 0.1) is 18.3 Å². The Morgan fingerprint density at radius 3 is 2.70 bits per heavy atom. The summed E-state index contributed by atoms with van der Waals surface area (Å²) in [7, 11) is 1.58. The number of nitrogens with one attached hydrogen (secondary N) is 1. The number of allylic oxidation sites excluding steroid dienone is 1. The van der Waals surface area contributed by atoms with Crippen molar-refractivity contribution in [2.75, 3.05) is 7.11 Å². The van der Waals surface area contributed by atoms with Crippen LogP contribution < -0.4 is 19.9 Å². The van der Waals surface area contributed by atoms with Crippen LogP contribution in [0.4, 0.5) is 0 Å². The van der Waals surface area contributed by atoms with E-state index >= 15 is 0 Å². The monoisotopic (exact) mass is 422 g/mol. The predicted molar refractivity (Wildman–Crippen MR) is 111 cm³/mol. The molecule has 0 aliphatic carbocycles. The number of aromatic nitrogens is 2. The summed E-state index contributed by atoms with van der Waals surface area (Å²) >= 11 is 5.95. The van der Waals surface area contributed by atoms with Gasteiger partial charge in [-0.15, -0.1) is 5.10 Å². The fourth-order valence-corrected chi connectivity index (χ4v) is 3.59. The molecule has 2 heterocycles. The van der Waals surface area contributed by atoms with Gasteiger partial charge in [-0.2, -0.15) is 5.26 Å². The van der Waals surface area contributed by atoms with Crippen molar-refractivity contribution in [1.82, 2.24) is 10.2 Å². The molecule has 0 amide bonds. The zero-order chi connectivity index (χ0) is 21.3. The van der Waals surface area contributed by atoms with Crippen molar-refractivity contribution in [3.63, 3.8) is 0 Å². The lowest BCUT2D eigenvalue weighted by atomic mass is 9.84. The maximum absolute atomic E-state index is 9.73. The van der Waals surface area contributed by atoms with E-state index in [-0.39, 0.29) is 5.88 Å². The van der Waals surface area contributed by atoms with Crippen LogP contribution in [0.1, 0.15) is 28.3 Å². The topological polar surface area (TPSA) is 106 Å². The standard InChI is InChI=1S/C22H19ClN4O3/c1-12-19-20(16(10-24)21(25)30-22(19)27-26-12)14-5-8-17(28-2)18(9-14)29-11-13-3-6-15(23)7-4-13/h3-9,20H,11,25H2,1-2H3,(H,26,27)/t20-/m0/s1. The number of aromatic amines is 1. The number of nitrogens with two attached hydrogens (primary N) is 1. The lowest BCUT2D eigenvalue weighted by molar-refractivity contribution is 0.284. The Hall–Kier alpha value is -3.63. The summed E-state index contributed by atoms with van der Waals surface area (Å²) in [4.78, 5) is 0. The number of methoxy groups -OCH3 is 1. The fourth-order valence-electron chi connectivity index (χ4n) is 3.46. The third-order valence-corrected chi connectivity index (χ3v) is 5.21. The van der Waals surface area contributed by atoms with Gasteiger partial charge in [-0.25, -0.2) is 0 Å². The lowest BCUT2D eigenvalue weighted by Crippen LogP contribution is -2.21. The highest BCUT2D eigenvalue weighted by Crippen LogP contribution is 2.44. The largest absolute Gasteiger partial charge is 0.493 e. The third kappa shape index (κ3) is 3.53. The normalized spacial score (nSPS) is 15.2. The Balaban J connectivity index is 1.72. The van der Waals surface area contributed by atoms with Gasteiger partial charge in [0.1, 0.15) is 18.2 Å². The van der Waals surface area contributed by atoms with Crippen molar-refractivity contribution < 1.29 is 14.2 Å². The van der Waals surface area contributed by atoms with Crippen LogP contribution in [-0.4, -0.2) is 17.3 Å². The van der Waals surface area contributed by atoms with Crippen LogP contribution in [0.15, 0.2) is 53.9 Å². The van der Waals surface area contributed by atoms with Crippen molar-refractivity contribution in [2.24, 2.45) is 5.73 Å². The zero-order valence-electron chi connectivity index (χ0n) is 16.4. The van der Waals surface area contributed by atoms with Gasteiger partial charge in [0.05, 0.1) is 13.0 Å². The van der Waals surface area contributed by atoms with E-state index in [1.165, 1.54) is 0 Å². The molecular weight excluding hydrogens is 404 g/mol. The summed E-state index contributed by atoms with van der Waals surface area (Å²) in [5, 5.41) is 17.4. The first-order valence-corrected chi connectivity index (χ1v) is 9.57. The van der Waals surface area contributed by atoms with Crippen LogP contribution in [-0.2, 0) is 6.61 Å². The minimum absolute atomic E-state index is 0.0425. The molecule has 0 spiro atoms. The van der Waals surface area contributed by atoms with Crippen molar-refractivity contribution in [3.8, 4) is 23.4 Å². The molecule has 0 bridgehead atoms. The molecular formula is C22H19ClN4O3. The van der Waals surface area contributed by atoms with Gasteiger partial charge < -0.3 is 19.9 Å². The first-order valence-electron chi connectivity index (χ1n) is 9.19. The van der Waals surface area contributed by atoms with E-state index in [0.29, 0.717) is 34.6 Å². The van der Waals surface area contributed by atoms with Gasteiger partial charge in [-0.1, -0.05) is 29.8 Å². The average Bonchev–Trinajstić information content (AvgIpc) is 3.12. The van der Waals surface area contributed by atoms with Gasteiger partial charge in [0.25, 0.3) is 0 Å². The Kier molecular flexibility index (Phi) is 5.25. The maximum atomic E-state index is 9.73. The van der Waals surface area contributed by atoms with Crippen molar-refractivity contribution in [3.05, 3.63) is 81.3 Å². The molecule has 3 N–H and O–H groups in total.